The first-order valence-electron chi connectivity index (χ1n) is 9.01. The van der Waals surface area contributed by atoms with E-state index in [0.717, 1.165) is 16.7 Å². The predicted molar refractivity (Wildman–Crippen MR) is 118 cm³/mol. The van der Waals surface area contributed by atoms with Gasteiger partial charge in [-0.1, -0.05) is 47.7 Å². The van der Waals surface area contributed by atoms with Crippen LogP contribution in [0.4, 0.5) is 0 Å². The SMILES string of the molecule is C=CCn1c(SCC(=O)NCCC#N)nc2scc(-c3ccc(C)cc3)c2c1=O. The van der Waals surface area contributed by atoms with Gasteiger partial charge in [0.25, 0.3) is 5.56 Å². The first-order chi connectivity index (χ1) is 14.0. The van der Waals surface area contributed by atoms with Gasteiger partial charge in [0, 0.05) is 24.0 Å². The van der Waals surface area contributed by atoms with Crippen LogP contribution in [0.3, 0.4) is 0 Å². The molecule has 1 N–H and O–H groups in total. The predicted octanol–water partition coefficient (Wildman–Crippen LogP) is 3.74. The van der Waals surface area contributed by atoms with Crippen LogP contribution >= 0.6 is 23.1 Å². The van der Waals surface area contributed by atoms with E-state index >= 15 is 0 Å². The molecule has 0 aliphatic carbocycles. The largest absolute Gasteiger partial charge is 0.354 e. The Morgan fingerprint density at radius 3 is 2.86 bits per heavy atom. The molecule has 0 saturated carbocycles. The van der Waals surface area contributed by atoms with Gasteiger partial charge in [-0.25, -0.2) is 4.98 Å². The van der Waals surface area contributed by atoms with Crippen LogP contribution in [0.25, 0.3) is 21.3 Å². The Morgan fingerprint density at radius 2 is 2.17 bits per heavy atom. The van der Waals surface area contributed by atoms with Gasteiger partial charge in [-0.2, -0.15) is 5.26 Å². The van der Waals surface area contributed by atoms with Crippen molar-refractivity contribution in [2.75, 3.05) is 12.3 Å². The highest BCUT2D eigenvalue weighted by Gasteiger charge is 2.17. The van der Waals surface area contributed by atoms with Gasteiger partial charge in [-0.15, -0.1) is 17.9 Å². The van der Waals surface area contributed by atoms with Gasteiger partial charge in [-0.3, -0.25) is 14.2 Å². The number of aryl methyl sites for hydroxylation is 1. The van der Waals surface area contributed by atoms with Crippen LogP contribution in [0.1, 0.15) is 12.0 Å². The molecule has 0 saturated heterocycles. The highest BCUT2D eigenvalue weighted by Crippen LogP contribution is 2.32. The first-order valence-corrected chi connectivity index (χ1v) is 10.9. The molecule has 0 radical (unpaired) electrons. The van der Waals surface area contributed by atoms with Crippen molar-refractivity contribution in [3.63, 3.8) is 0 Å². The lowest BCUT2D eigenvalue weighted by atomic mass is 10.1. The Bertz CT molecular complexity index is 1140. The molecule has 2 aromatic heterocycles. The number of carbonyl (C=O) groups is 1. The molecule has 29 heavy (non-hydrogen) atoms. The Kier molecular flexibility index (Phi) is 6.86. The van der Waals surface area contributed by atoms with Crippen LogP contribution in [0.2, 0.25) is 0 Å². The summed E-state index contributed by atoms with van der Waals surface area (Å²) in [5, 5.41) is 14.2. The fraction of sp³-hybridized carbons (Fsp3) is 0.238. The van der Waals surface area contributed by atoms with E-state index in [2.05, 4.69) is 16.9 Å². The van der Waals surface area contributed by atoms with Gasteiger partial charge in [0.15, 0.2) is 5.16 Å². The fourth-order valence-corrected chi connectivity index (χ4v) is 4.62. The van der Waals surface area contributed by atoms with E-state index in [4.69, 9.17) is 5.26 Å². The van der Waals surface area contributed by atoms with Gasteiger partial charge in [0.05, 0.1) is 23.6 Å². The number of nitrogens with one attached hydrogen (secondary N) is 1. The van der Waals surface area contributed by atoms with Crippen molar-refractivity contribution in [3.8, 4) is 17.2 Å². The number of thioether (sulfide) groups is 1. The summed E-state index contributed by atoms with van der Waals surface area (Å²) in [6.45, 7) is 6.38. The monoisotopic (exact) mass is 424 g/mol. The van der Waals surface area contributed by atoms with Crippen LogP contribution in [-0.4, -0.2) is 27.8 Å². The standard InChI is InChI=1S/C21H20N4O2S2/c1-3-11-25-20(27)18-16(15-7-5-14(2)6-8-15)12-28-19(18)24-21(25)29-13-17(26)23-10-4-9-22/h3,5-8,12H,1,4,10-11,13H2,2H3,(H,23,26). The summed E-state index contributed by atoms with van der Waals surface area (Å²) in [5.41, 5.74) is 2.86. The number of benzene rings is 1. The smallest absolute Gasteiger partial charge is 0.263 e. The molecule has 8 heteroatoms. The molecule has 148 valence electrons. The number of hydrogen-bond donors (Lipinski definition) is 1. The normalized spacial score (nSPS) is 10.6. The Labute approximate surface area is 176 Å². The summed E-state index contributed by atoms with van der Waals surface area (Å²) in [4.78, 5) is 30.5. The Morgan fingerprint density at radius 1 is 1.41 bits per heavy atom. The van der Waals surface area contributed by atoms with Crippen molar-refractivity contribution in [1.29, 1.82) is 5.26 Å². The van der Waals surface area contributed by atoms with Crippen molar-refractivity contribution < 1.29 is 4.79 Å². The third kappa shape index (κ3) is 4.75. The summed E-state index contributed by atoms with van der Waals surface area (Å²) in [6.07, 6.45) is 1.91. The summed E-state index contributed by atoms with van der Waals surface area (Å²) in [6, 6.07) is 10.0. The molecule has 6 nitrogen and oxygen atoms in total. The van der Waals surface area contributed by atoms with E-state index in [0.29, 0.717) is 28.5 Å². The topological polar surface area (TPSA) is 87.8 Å². The van der Waals surface area contributed by atoms with Gasteiger partial charge < -0.3 is 5.32 Å². The van der Waals surface area contributed by atoms with Crippen molar-refractivity contribution in [2.45, 2.75) is 25.0 Å². The van der Waals surface area contributed by atoms with E-state index < -0.39 is 0 Å². The lowest BCUT2D eigenvalue weighted by Crippen LogP contribution is -2.27. The van der Waals surface area contributed by atoms with Gasteiger partial charge in [0.2, 0.25) is 5.91 Å². The molecule has 1 amide bonds. The fourth-order valence-electron chi connectivity index (χ4n) is 2.79. The summed E-state index contributed by atoms with van der Waals surface area (Å²) in [5.74, 6) is -0.0762. The maximum atomic E-state index is 13.2. The van der Waals surface area contributed by atoms with E-state index in [1.807, 2.05) is 42.6 Å². The minimum absolute atomic E-state index is 0.122. The Hall–Kier alpha value is -2.89. The zero-order valence-corrected chi connectivity index (χ0v) is 17.6. The Balaban J connectivity index is 1.96. The lowest BCUT2D eigenvalue weighted by molar-refractivity contribution is -0.118. The highest BCUT2D eigenvalue weighted by atomic mass is 32.2. The second-order valence-electron chi connectivity index (χ2n) is 6.34. The molecule has 0 aliphatic heterocycles. The molecule has 0 spiro atoms. The molecule has 0 atom stereocenters. The van der Waals surface area contributed by atoms with Crippen molar-refractivity contribution in [3.05, 3.63) is 58.2 Å². The van der Waals surface area contributed by atoms with Crippen LogP contribution in [-0.2, 0) is 11.3 Å². The number of rotatable bonds is 8. The van der Waals surface area contributed by atoms with Crippen molar-refractivity contribution >= 4 is 39.2 Å². The second-order valence-corrected chi connectivity index (χ2v) is 8.14. The molecule has 0 aliphatic rings. The number of carbonyl (C=O) groups excluding carboxylic acids is 1. The summed E-state index contributed by atoms with van der Waals surface area (Å²) >= 11 is 2.62. The average molecular weight is 425 g/mol. The number of thiophene rings is 1. The second kappa shape index (κ2) is 9.54. The van der Waals surface area contributed by atoms with Crippen molar-refractivity contribution in [1.82, 2.24) is 14.9 Å². The molecule has 0 bridgehead atoms. The van der Waals surface area contributed by atoms with E-state index in [1.54, 1.807) is 10.6 Å². The van der Waals surface area contributed by atoms with Gasteiger partial charge in [-0.05, 0) is 12.5 Å². The third-order valence-electron chi connectivity index (χ3n) is 4.22. The minimum atomic E-state index is -0.198. The number of amides is 1. The number of allylic oxidation sites excluding steroid dienone is 1. The summed E-state index contributed by atoms with van der Waals surface area (Å²) in [7, 11) is 0. The van der Waals surface area contributed by atoms with E-state index in [1.165, 1.54) is 23.1 Å². The maximum absolute atomic E-state index is 13.2. The van der Waals surface area contributed by atoms with Gasteiger partial charge in [0.1, 0.15) is 4.83 Å². The van der Waals surface area contributed by atoms with Gasteiger partial charge >= 0.3 is 0 Å². The number of aromatic nitrogens is 2. The minimum Gasteiger partial charge on any atom is -0.354 e. The van der Waals surface area contributed by atoms with Crippen LogP contribution in [0, 0.1) is 18.3 Å². The number of nitrogens with zero attached hydrogens (tertiary/aromatic N) is 3. The molecule has 3 rings (SSSR count). The zero-order chi connectivity index (χ0) is 20.8. The average Bonchev–Trinajstić information content (AvgIpc) is 3.14. The van der Waals surface area contributed by atoms with Crippen molar-refractivity contribution in [2.24, 2.45) is 0 Å². The molecule has 0 fully saturated rings. The number of hydrogen-bond acceptors (Lipinski definition) is 6. The number of fused-ring (bicyclic) bond motifs is 1. The number of nitriles is 1. The molecular formula is C21H20N4O2S2. The highest BCUT2D eigenvalue weighted by molar-refractivity contribution is 7.99. The van der Waals surface area contributed by atoms with E-state index in [9.17, 15) is 9.59 Å². The maximum Gasteiger partial charge on any atom is 0.263 e. The first kappa shape index (κ1) is 20.8. The van der Waals surface area contributed by atoms with Crippen LogP contribution in [0.5, 0.6) is 0 Å². The molecular weight excluding hydrogens is 404 g/mol. The lowest BCUT2D eigenvalue weighted by Gasteiger charge is -2.11. The molecule has 0 unspecified atom stereocenters. The quantitative estimate of drug-likeness (QED) is 0.258. The molecule has 3 aromatic rings. The zero-order valence-electron chi connectivity index (χ0n) is 16.0. The van der Waals surface area contributed by atoms with Crippen LogP contribution in [0.15, 0.2) is 52.3 Å². The summed E-state index contributed by atoms with van der Waals surface area (Å²) < 4.78 is 1.55. The molecule has 1 aromatic carbocycles. The van der Waals surface area contributed by atoms with E-state index in [-0.39, 0.29) is 23.6 Å². The van der Waals surface area contributed by atoms with Crippen LogP contribution < -0.4 is 10.9 Å². The third-order valence-corrected chi connectivity index (χ3v) is 6.07. The molecule has 2 heterocycles.